The van der Waals surface area contributed by atoms with Crippen LogP contribution in [0, 0.1) is 0 Å². The molecule has 24 heavy (non-hydrogen) atoms. The topological polar surface area (TPSA) is 90.3 Å². The molecule has 2 aromatic rings. The van der Waals surface area contributed by atoms with Crippen LogP contribution in [0.1, 0.15) is 22.0 Å². The third kappa shape index (κ3) is 2.67. The first-order valence-corrected chi connectivity index (χ1v) is 7.77. The molecule has 2 atom stereocenters. The van der Waals surface area contributed by atoms with Crippen LogP contribution in [0.5, 0.6) is 0 Å². The molecule has 1 amide bonds. The van der Waals surface area contributed by atoms with Crippen molar-refractivity contribution < 1.29 is 4.79 Å². The van der Waals surface area contributed by atoms with E-state index in [4.69, 9.17) is 5.73 Å². The van der Waals surface area contributed by atoms with Gasteiger partial charge in [0.2, 0.25) is 0 Å². The Morgan fingerprint density at radius 2 is 1.75 bits per heavy atom. The van der Waals surface area contributed by atoms with Gasteiger partial charge < -0.3 is 10.6 Å². The maximum absolute atomic E-state index is 12.8. The zero-order valence-electron chi connectivity index (χ0n) is 13.7. The summed E-state index contributed by atoms with van der Waals surface area (Å²) in [4.78, 5) is 38.2. The highest BCUT2D eigenvalue weighted by molar-refractivity contribution is 5.92. The first-order chi connectivity index (χ1) is 11.4. The van der Waals surface area contributed by atoms with Crippen LogP contribution < -0.4 is 17.0 Å². The van der Waals surface area contributed by atoms with E-state index in [1.54, 1.807) is 4.90 Å². The zero-order valence-corrected chi connectivity index (χ0v) is 13.7. The maximum Gasteiger partial charge on any atom is 0.331 e. The fourth-order valence-electron chi connectivity index (χ4n) is 3.15. The van der Waals surface area contributed by atoms with E-state index in [2.05, 4.69) is 0 Å². The molecular formula is C17H20N4O3. The lowest BCUT2D eigenvalue weighted by atomic mass is 9.95. The minimum Gasteiger partial charge on any atom is -0.335 e. The number of hydrogen-bond acceptors (Lipinski definition) is 4. The van der Waals surface area contributed by atoms with Crippen LogP contribution in [0.2, 0.25) is 0 Å². The molecule has 2 N–H and O–H groups in total. The van der Waals surface area contributed by atoms with E-state index in [1.807, 2.05) is 30.3 Å². The normalized spacial score (nSPS) is 20.4. The third-order valence-corrected chi connectivity index (χ3v) is 4.63. The molecule has 1 fully saturated rings. The van der Waals surface area contributed by atoms with Crippen molar-refractivity contribution in [1.82, 2.24) is 14.0 Å². The van der Waals surface area contributed by atoms with Gasteiger partial charge in [-0.25, -0.2) is 4.79 Å². The van der Waals surface area contributed by atoms with Gasteiger partial charge in [0.25, 0.3) is 11.5 Å². The Bertz CT molecular complexity index is 885. The molecule has 7 heteroatoms. The number of rotatable bonds is 2. The lowest BCUT2D eigenvalue weighted by molar-refractivity contribution is 0.0777. The summed E-state index contributed by atoms with van der Waals surface area (Å²) < 4.78 is 2.17. The van der Waals surface area contributed by atoms with Gasteiger partial charge in [-0.3, -0.25) is 18.7 Å². The lowest BCUT2D eigenvalue weighted by Gasteiger charge is -2.18. The number of carbonyl (C=O) groups excluding carboxylic acids is 1. The van der Waals surface area contributed by atoms with Crippen LogP contribution >= 0.6 is 0 Å². The molecule has 7 nitrogen and oxygen atoms in total. The molecule has 1 aromatic carbocycles. The number of amides is 1. The van der Waals surface area contributed by atoms with E-state index >= 15 is 0 Å². The average molecular weight is 328 g/mol. The quantitative estimate of drug-likeness (QED) is 0.816. The fourth-order valence-corrected chi connectivity index (χ4v) is 3.15. The highest BCUT2D eigenvalue weighted by Crippen LogP contribution is 2.27. The van der Waals surface area contributed by atoms with Crippen molar-refractivity contribution >= 4 is 5.91 Å². The van der Waals surface area contributed by atoms with E-state index in [0.717, 1.165) is 10.1 Å². The second kappa shape index (κ2) is 6.09. The van der Waals surface area contributed by atoms with Crippen molar-refractivity contribution in [3.63, 3.8) is 0 Å². The molecule has 0 aliphatic carbocycles. The van der Waals surface area contributed by atoms with Crippen molar-refractivity contribution in [3.8, 4) is 0 Å². The molecule has 2 heterocycles. The first kappa shape index (κ1) is 16.2. The largest absolute Gasteiger partial charge is 0.335 e. The van der Waals surface area contributed by atoms with Crippen LogP contribution in [0.15, 0.2) is 46.0 Å². The van der Waals surface area contributed by atoms with Crippen molar-refractivity contribution in [2.45, 2.75) is 12.0 Å². The SMILES string of the molecule is Cn1c(C(=O)N2C[C@H](c3ccccc3)[C@@H](N)C2)cc(=O)n(C)c1=O. The van der Waals surface area contributed by atoms with Gasteiger partial charge in [0, 0.05) is 45.2 Å². The Kier molecular flexibility index (Phi) is 4.11. The molecule has 0 radical (unpaired) electrons. The van der Waals surface area contributed by atoms with Crippen LogP contribution in [0.3, 0.4) is 0 Å². The Labute approximate surface area is 138 Å². The number of aromatic nitrogens is 2. The van der Waals surface area contributed by atoms with E-state index in [-0.39, 0.29) is 23.6 Å². The molecular weight excluding hydrogens is 308 g/mol. The molecule has 0 saturated carbocycles. The predicted octanol–water partition coefficient (Wildman–Crippen LogP) is -0.349. The minimum absolute atomic E-state index is 0.0405. The van der Waals surface area contributed by atoms with E-state index in [9.17, 15) is 14.4 Å². The van der Waals surface area contributed by atoms with Crippen molar-refractivity contribution in [2.24, 2.45) is 19.8 Å². The summed E-state index contributed by atoms with van der Waals surface area (Å²) in [5, 5.41) is 0. The summed E-state index contributed by atoms with van der Waals surface area (Å²) in [6.45, 7) is 0.856. The number of benzene rings is 1. The van der Waals surface area contributed by atoms with Crippen LogP contribution in [-0.2, 0) is 14.1 Å². The molecule has 126 valence electrons. The predicted molar refractivity (Wildman–Crippen MR) is 90.0 cm³/mol. The number of nitrogens with two attached hydrogens (primary N) is 1. The molecule has 1 aromatic heterocycles. The van der Waals surface area contributed by atoms with Gasteiger partial charge in [0.05, 0.1) is 0 Å². The maximum atomic E-state index is 12.8. The number of carbonyl (C=O) groups is 1. The van der Waals surface area contributed by atoms with Gasteiger partial charge in [-0.1, -0.05) is 30.3 Å². The molecule has 1 saturated heterocycles. The summed E-state index contributed by atoms with van der Waals surface area (Å²) in [7, 11) is 2.87. The molecule has 3 rings (SSSR count). The summed E-state index contributed by atoms with van der Waals surface area (Å²) in [6, 6.07) is 10.8. The summed E-state index contributed by atoms with van der Waals surface area (Å²) in [6.07, 6.45) is 0. The van der Waals surface area contributed by atoms with Gasteiger partial charge in [-0.2, -0.15) is 0 Å². The molecule has 0 unspecified atom stereocenters. The second-order valence-corrected chi connectivity index (χ2v) is 6.16. The number of nitrogens with zero attached hydrogens (tertiary/aromatic N) is 3. The Balaban J connectivity index is 1.90. The third-order valence-electron chi connectivity index (χ3n) is 4.63. The lowest BCUT2D eigenvalue weighted by Crippen LogP contribution is -2.42. The van der Waals surface area contributed by atoms with Gasteiger partial charge in [-0.15, -0.1) is 0 Å². The van der Waals surface area contributed by atoms with Crippen LogP contribution in [0.4, 0.5) is 0 Å². The highest BCUT2D eigenvalue weighted by atomic mass is 16.2. The first-order valence-electron chi connectivity index (χ1n) is 7.77. The Hall–Kier alpha value is -2.67. The summed E-state index contributed by atoms with van der Waals surface area (Å²) >= 11 is 0. The average Bonchev–Trinajstić information content (AvgIpc) is 2.98. The molecule has 1 aliphatic heterocycles. The molecule has 0 bridgehead atoms. The van der Waals surface area contributed by atoms with E-state index in [0.29, 0.717) is 13.1 Å². The van der Waals surface area contributed by atoms with Crippen LogP contribution in [-0.4, -0.2) is 39.1 Å². The smallest absolute Gasteiger partial charge is 0.331 e. The van der Waals surface area contributed by atoms with E-state index < -0.39 is 11.2 Å². The number of hydrogen-bond donors (Lipinski definition) is 1. The van der Waals surface area contributed by atoms with Gasteiger partial charge in [0.1, 0.15) is 5.69 Å². The Morgan fingerprint density at radius 3 is 2.42 bits per heavy atom. The molecule has 0 spiro atoms. The highest BCUT2D eigenvalue weighted by Gasteiger charge is 2.35. The monoisotopic (exact) mass is 328 g/mol. The zero-order chi connectivity index (χ0) is 17.4. The van der Waals surface area contributed by atoms with Gasteiger partial charge >= 0.3 is 5.69 Å². The van der Waals surface area contributed by atoms with Crippen molar-refractivity contribution in [3.05, 3.63) is 68.5 Å². The van der Waals surface area contributed by atoms with Gasteiger partial charge in [-0.05, 0) is 5.56 Å². The van der Waals surface area contributed by atoms with Crippen molar-refractivity contribution in [2.75, 3.05) is 13.1 Å². The second-order valence-electron chi connectivity index (χ2n) is 6.16. The Morgan fingerprint density at radius 1 is 1.08 bits per heavy atom. The summed E-state index contributed by atoms with van der Waals surface area (Å²) in [5.74, 6) is -0.306. The fraction of sp³-hybridized carbons (Fsp3) is 0.353. The van der Waals surface area contributed by atoms with E-state index in [1.165, 1.54) is 24.7 Å². The molecule has 1 aliphatic rings. The van der Waals surface area contributed by atoms with Crippen molar-refractivity contribution in [1.29, 1.82) is 0 Å². The van der Waals surface area contributed by atoms with Crippen LogP contribution in [0.25, 0.3) is 0 Å². The van der Waals surface area contributed by atoms with Gasteiger partial charge in [0.15, 0.2) is 0 Å². The number of likely N-dealkylation sites (tertiary alicyclic amines) is 1. The minimum atomic E-state index is -0.519. The summed E-state index contributed by atoms with van der Waals surface area (Å²) in [5.41, 5.74) is 6.36. The standard InChI is InChI=1S/C17H20N4O3/c1-19-14(8-15(22)20(2)17(19)24)16(23)21-9-12(13(18)10-21)11-6-4-3-5-7-11/h3-8,12-13H,9-10,18H2,1-2H3/t12-,13+/m1/s1.